The highest BCUT2D eigenvalue weighted by Gasteiger charge is 2.07. The average molecular weight is 258 g/mol. The van der Waals surface area contributed by atoms with Gasteiger partial charge in [-0.15, -0.1) is 11.3 Å². The molecule has 0 aliphatic heterocycles. The molecule has 0 radical (unpaired) electrons. The Bertz CT molecular complexity index is 594. The summed E-state index contributed by atoms with van der Waals surface area (Å²) in [4.78, 5) is 13.0. The van der Waals surface area contributed by atoms with E-state index in [1.54, 1.807) is 24.3 Å². The number of carbonyl (C=O) groups is 1. The highest BCUT2D eigenvalue weighted by atomic mass is 32.1. The molecule has 2 rings (SSSR count). The summed E-state index contributed by atoms with van der Waals surface area (Å²) in [7, 11) is 0. The van der Waals surface area contributed by atoms with E-state index in [1.807, 2.05) is 24.3 Å². The van der Waals surface area contributed by atoms with Gasteiger partial charge in [-0.25, -0.2) is 4.79 Å². The number of aliphatic carboxylic acids is 1. The molecule has 0 aliphatic rings. The van der Waals surface area contributed by atoms with Crippen molar-refractivity contribution in [3.63, 3.8) is 0 Å². The number of carboxylic acids is 1. The van der Waals surface area contributed by atoms with Gasteiger partial charge in [0.15, 0.2) is 0 Å². The number of aryl methyl sites for hydroxylation is 1. The molecule has 92 valence electrons. The van der Waals surface area contributed by atoms with Crippen LogP contribution in [-0.2, 0) is 4.79 Å². The first-order valence-corrected chi connectivity index (χ1v) is 6.47. The van der Waals surface area contributed by atoms with Gasteiger partial charge in [0.05, 0.1) is 0 Å². The summed E-state index contributed by atoms with van der Waals surface area (Å²) in [5.41, 5.74) is 2.69. The molecule has 1 N–H and O–H groups in total. The summed E-state index contributed by atoms with van der Waals surface area (Å²) < 4.78 is 0. The summed E-state index contributed by atoms with van der Waals surface area (Å²) in [6.45, 7) is 3.67. The maximum atomic E-state index is 10.8. The van der Waals surface area contributed by atoms with Crippen molar-refractivity contribution in [2.75, 3.05) is 0 Å². The normalized spacial score (nSPS) is 11.6. The lowest BCUT2D eigenvalue weighted by Gasteiger charge is -1.97. The van der Waals surface area contributed by atoms with E-state index < -0.39 is 5.97 Å². The van der Waals surface area contributed by atoms with Gasteiger partial charge in [0.25, 0.3) is 0 Å². The van der Waals surface area contributed by atoms with Crippen molar-refractivity contribution in [1.82, 2.24) is 0 Å². The Kier molecular flexibility index (Phi) is 3.63. The molecule has 0 unspecified atom stereocenters. The fraction of sp³-hybridized carbons (Fsp3) is 0.133. The van der Waals surface area contributed by atoms with E-state index in [4.69, 9.17) is 5.11 Å². The van der Waals surface area contributed by atoms with Gasteiger partial charge in [-0.3, -0.25) is 0 Å². The molecule has 1 aromatic carbocycles. The van der Waals surface area contributed by atoms with E-state index in [2.05, 4.69) is 19.1 Å². The minimum atomic E-state index is -0.873. The quantitative estimate of drug-likeness (QED) is 0.837. The van der Waals surface area contributed by atoms with Crippen molar-refractivity contribution in [3.05, 3.63) is 51.7 Å². The molecule has 0 aliphatic carbocycles. The lowest BCUT2D eigenvalue weighted by molar-refractivity contribution is -0.132. The zero-order chi connectivity index (χ0) is 13.1. The maximum absolute atomic E-state index is 10.8. The van der Waals surface area contributed by atoms with Gasteiger partial charge in [0.2, 0.25) is 0 Å². The fourth-order valence-corrected chi connectivity index (χ4v) is 2.81. The van der Waals surface area contributed by atoms with Crippen LogP contribution in [0.15, 0.2) is 42.0 Å². The Morgan fingerprint density at radius 1 is 1.28 bits per heavy atom. The first-order valence-electron chi connectivity index (χ1n) is 5.65. The number of hydrogen-bond acceptors (Lipinski definition) is 2. The van der Waals surface area contributed by atoms with Crippen molar-refractivity contribution in [3.8, 4) is 11.1 Å². The monoisotopic (exact) mass is 258 g/mol. The Morgan fingerprint density at radius 2 is 1.94 bits per heavy atom. The highest BCUT2D eigenvalue weighted by molar-refractivity contribution is 7.13. The zero-order valence-electron chi connectivity index (χ0n) is 10.3. The molecule has 0 bridgehead atoms. The highest BCUT2D eigenvalue weighted by Crippen LogP contribution is 2.31. The van der Waals surface area contributed by atoms with Crippen molar-refractivity contribution >= 4 is 23.4 Å². The summed E-state index contributed by atoms with van der Waals surface area (Å²) in [5.74, 6) is -0.873. The predicted octanol–water partition coefficient (Wildman–Crippen LogP) is 4.21. The molecule has 1 heterocycles. The third-order valence-electron chi connectivity index (χ3n) is 2.72. The molecular formula is C15H14O2S. The van der Waals surface area contributed by atoms with E-state index >= 15 is 0 Å². The third-order valence-corrected chi connectivity index (χ3v) is 3.72. The van der Waals surface area contributed by atoms with Gasteiger partial charge in [-0.05, 0) is 37.1 Å². The number of rotatable bonds is 3. The summed E-state index contributed by atoms with van der Waals surface area (Å²) in [5, 5.41) is 8.87. The van der Waals surface area contributed by atoms with Gasteiger partial charge >= 0.3 is 5.97 Å². The van der Waals surface area contributed by atoms with E-state index in [9.17, 15) is 4.79 Å². The van der Waals surface area contributed by atoms with Crippen LogP contribution in [0.1, 0.15) is 16.7 Å². The van der Waals surface area contributed by atoms with Crippen molar-refractivity contribution < 1.29 is 9.90 Å². The second-order valence-electron chi connectivity index (χ2n) is 4.12. The Hall–Kier alpha value is -1.87. The predicted molar refractivity (Wildman–Crippen MR) is 75.8 cm³/mol. The Balaban J connectivity index is 2.40. The van der Waals surface area contributed by atoms with Crippen LogP contribution in [0, 0.1) is 6.92 Å². The van der Waals surface area contributed by atoms with Crippen molar-refractivity contribution in [2.24, 2.45) is 0 Å². The zero-order valence-corrected chi connectivity index (χ0v) is 11.1. The van der Waals surface area contributed by atoms with E-state index in [0.717, 1.165) is 4.88 Å². The molecule has 0 saturated heterocycles. The third kappa shape index (κ3) is 2.68. The second kappa shape index (κ2) is 5.19. The van der Waals surface area contributed by atoms with Crippen LogP contribution in [0.3, 0.4) is 0 Å². The van der Waals surface area contributed by atoms with Gasteiger partial charge in [-0.1, -0.05) is 30.3 Å². The SMILES string of the molecule is C/C(=C\c1cc(-c2ccccc2)c(C)s1)C(=O)O. The molecule has 2 aromatic rings. The van der Waals surface area contributed by atoms with E-state index in [-0.39, 0.29) is 0 Å². The molecule has 18 heavy (non-hydrogen) atoms. The molecule has 0 spiro atoms. The first kappa shape index (κ1) is 12.6. The molecule has 0 fully saturated rings. The fourth-order valence-electron chi connectivity index (χ4n) is 1.76. The van der Waals surface area contributed by atoms with Gasteiger partial charge < -0.3 is 5.11 Å². The van der Waals surface area contributed by atoms with Crippen LogP contribution in [0.5, 0.6) is 0 Å². The number of benzene rings is 1. The number of hydrogen-bond donors (Lipinski definition) is 1. The molecule has 0 amide bonds. The topological polar surface area (TPSA) is 37.3 Å². The minimum absolute atomic E-state index is 0.357. The van der Waals surface area contributed by atoms with Crippen molar-refractivity contribution in [2.45, 2.75) is 13.8 Å². The lowest BCUT2D eigenvalue weighted by atomic mass is 10.1. The molecule has 1 aromatic heterocycles. The second-order valence-corrected chi connectivity index (χ2v) is 5.41. The van der Waals surface area contributed by atoms with Gasteiger partial charge in [-0.2, -0.15) is 0 Å². The standard InChI is InChI=1S/C15H14O2S/c1-10(15(16)17)8-13-9-14(11(2)18-13)12-6-4-3-5-7-12/h3-9H,1-2H3,(H,16,17)/b10-8+. The molecular weight excluding hydrogens is 244 g/mol. The van der Waals surface area contributed by atoms with Crippen molar-refractivity contribution in [1.29, 1.82) is 0 Å². The lowest BCUT2D eigenvalue weighted by Crippen LogP contribution is -1.94. The summed E-state index contributed by atoms with van der Waals surface area (Å²) in [6.07, 6.45) is 1.71. The Labute approximate surface area is 110 Å². The molecule has 2 nitrogen and oxygen atoms in total. The molecule has 0 atom stereocenters. The average Bonchev–Trinajstić information content (AvgIpc) is 2.71. The van der Waals surface area contributed by atoms with Gasteiger partial charge in [0, 0.05) is 15.3 Å². The summed E-state index contributed by atoms with van der Waals surface area (Å²) in [6, 6.07) is 12.2. The minimum Gasteiger partial charge on any atom is -0.478 e. The smallest absolute Gasteiger partial charge is 0.331 e. The van der Waals surface area contributed by atoms with Crippen LogP contribution >= 0.6 is 11.3 Å². The van der Waals surface area contributed by atoms with Crippen LogP contribution in [0.25, 0.3) is 17.2 Å². The number of thiophene rings is 1. The van der Waals surface area contributed by atoms with Gasteiger partial charge in [0.1, 0.15) is 0 Å². The summed E-state index contributed by atoms with van der Waals surface area (Å²) >= 11 is 1.62. The molecule has 3 heteroatoms. The molecule has 0 saturated carbocycles. The van der Waals surface area contributed by atoms with Crippen LogP contribution < -0.4 is 0 Å². The maximum Gasteiger partial charge on any atom is 0.331 e. The van der Waals surface area contributed by atoms with E-state index in [0.29, 0.717) is 5.57 Å². The van der Waals surface area contributed by atoms with Crippen LogP contribution in [0.2, 0.25) is 0 Å². The largest absolute Gasteiger partial charge is 0.478 e. The van der Waals surface area contributed by atoms with E-state index in [1.165, 1.54) is 16.0 Å². The van der Waals surface area contributed by atoms with Crippen LogP contribution in [0.4, 0.5) is 0 Å². The number of carboxylic acid groups (broad SMARTS) is 1. The Morgan fingerprint density at radius 3 is 2.56 bits per heavy atom. The first-order chi connectivity index (χ1) is 8.58. The van der Waals surface area contributed by atoms with Crippen LogP contribution in [-0.4, -0.2) is 11.1 Å².